The molecule has 0 aromatic heterocycles. The fourth-order valence-corrected chi connectivity index (χ4v) is 2.99. The number of methoxy groups -OCH3 is 1. The number of carbonyl (C=O) groups is 1. The second-order valence-electron chi connectivity index (χ2n) is 4.69. The predicted octanol–water partition coefficient (Wildman–Crippen LogP) is 4.62. The van der Waals surface area contributed by atoms with E-state index in [2.05, 4.69) is 4.74 Å². The van der Waals surface area contributed by atoms with E-state index in [9.17, 15) is 26.7 Å². The molecule has 0 unspecified atom stereocenters. The number of esters is 1. The van der Waals surface area contributed by atoms with Crippen LogP contribution < -0.4 is 5.73 Å². The van der Waals surface area contributed by atoms with Gasteiger partial charge in [0.25, 0.3) is 0 Å². The van der Waals surface area contributed by atoms with Crippen LogP contribution in [-0.4, -0.2) is 13.1 Å². The lowest BCUT2D eigenvalue weighted by molar-refractivity contribution is -0.137. The highest BCUT2D eigenvalue weighted by Gasteiger charge is 2.37. The molecule has 0 aliphatic heterocycles. The molecule has 0 atom stereocenters. The smallest absolute Gasteiger partial charge is 0.417 e. The molecular formula is C15H9F5INO2. The number of nitrogens with two attached hydrogens (primary N) is 1. The van der Waals surface area contributed by atoms with Crippen molar-refractivity contribution in [3.63, 3.8) is 0 Å². The minimum absolute atomic E-state index is 0.187. The molecule has 0 aliphatic carbocycles. The normalized spacial score (nSPS) is 11.5. The zero-order chi connectivity index (χ0) is 18.2. The highest BCUT2D eigenvalue weighted by atomic mass is 127. The average molecular weight is 457 g/mol. The molecule has 24 heavy (non-hydrogen) atoms. The average Bonchev–Trinajstić information content (AvgIpc) is 2.48. The summed E-state index contributed by atoms with van der Waals surface area (Å²) in [6, 6.07) is 2.69. The Balaban J connectivity index is 2.89. The maximum atomic E-state index is 14.0. The standard InChI is InChI=1S/C15H9F5INO2/c1-24-14(23)8-5-9(15(18,19)20)11(12(21)13(8)22)7-3-2-6(16)4-10(7)17/h2-5H,22H2,1H3. The fourth-order valence-electron chi connectivity index (χ4n) is 2.12. The number of halogens is 6. The molecule has 2 rings (SSSR count). The molecule has 9 heteroatoms. The quantitative estimate of drug-likeness (QED) is 0.310. The first-order valence-corrected chi connectivity index (χ1v) is 7.38. The predicted molar refractivity (Wildman–Crippen MR) is 85.3 cm³/mol. The van der Waals surface area contributed by atoms with Crippen LogP contribution in [0.2, 0.25) is 0 Å². The minimum Gasteiger partial charge on any atom is -0.465 e. The number of hydrogen-bond donors (Lipinski definition) is 1. The van der Waals surface area contributed by atoms with Crippen molar-refractivity contribution >= 4 is 34.2 Å². The van der Waals surface area contributed by atoms with Crippen molar-refractivity contribution in [2.45, 2.75) is 6.18 Å². The van der Waals surface area contributed by atoms with Crippen molar-refractivity contribution in [1.29, 1.82) is 0 Å². The van der Waals surface area contributed by atoms with Crippen LogP contribution in [0.1, 0.15) is 15.9 Å². The van der Waals surface area contributed by atoms with Crippen molar-refractivity contribution < 1.29 is 31.5 Å². The van der Waals surface area contributed by atoms with Crippen LogP contribution in [0.5, 0.6) is 0 Å². The Morgan fingerprint density at radius 2 is 1.83 bits per heavy atom. The van der Waals surface area contributed by atoms with E-state index in [0.29, 0.717) is 12.1 Å². The van der Waals surface area contributed by atoms with E-state index in [-0.39, 0.29) is 9.26 Å². The number of carbonyl (C=O) groups excluding carboxylic acids is 1. The Morgan fingerprint density at radius 1 is 1.21 bits per heavy atom. The van der Waals surface area contributed by atoms with Crippen molar-refractivity contribution in [1.82, 2.24) is 0 Å². The summed E-state index contributed by atoms with van der Waals surface area (Å²) in [4.78, 5) is 11.6. The fraction of sp³-hybridized carbons (Fsp3) is 0.133. The van der Waals surface area contributed by atoms with Crippen LogP contribution in [0.25, 0.3) is 11.1 Å². The van der Waals surface area contributed by atoms with Gasteiger partial charge in [-0.2, -0.15) is 13.2 Å². The van der Waals surface area contributed by atoms with Gasteiger partial charge in [0.1, 0.15) is 11.6 Å². The van der Waals surface area contributed by atoms with E-state index in [1.54, 1.807) is 0 Å². The molecule has 0 fully saturated rings. The largest absolute Gasteiger partial charge is 0.465 e. The molecule has 0 heterocycles. The number of nitrogen functional groups attached to an aromatic ring is 1. The highest BCUT2D eigenvalue weighted by molar-refractivity contribution is 14.1. The van der Waals surface area contributed by atoms with Gasteiger partial charge in [-0.1, -0.05) is 0 Å². The van der Waals surface area contributed by atoms with E-state index in [0.717, 1.165) is 19.2 Å². The molecule has 2 N–H and O–H groups in total. The highest BCUT2D eigenvalue weighted by Crippen LogP contribution is 2.43. The lowest BCUT2D eigenvalue weighted by Crippen LogP contribution is -2.15. The number of alkyl halides is 3. The van der Waals surface area contributed by atoms with Crippen LogP contribution in [0.15, 0.2) is 24.3 Å². The van der Waals surface area contributed by atoms with Gasteiger partial charge in [0.15, 0.2) is 0 Å². The lowest BCUT2D eigenvalue weighted by Gasteiger charge is -2.19. The van der Waals surface area contributed by atoms with Crippen molar-refractivity contribution in [2.75, 3.05) is 12.8 Å². The number of hydrogen-bond acceptors (Lipinski definition) is 3. The van der Waals surface area contributed by atoms with Crippen molar-refractivity contribution in [2.24, 2.45) is 0 Å². The third-order valence-electron chi connectivity index (χ3n) is 3.22. The molecule has 2 aromatic carbocycles. The first-order valence-electron chi connectivity index (χ1n) is 6.30. The van der Waals surface area contributed by atoms with Gasteiger partial charge in [-0.05, 0) is 40.8 Å². The van der Waals surface area contributed by atoms with Crippen LogP contribution in [0, 0.1) is 15.2 Å². The maximum absolute atomic E-state index is 14.0. The van der Waals surface area contributed by atoms with E-state index in [1.807, 2.05) is 0 Å². The molecule has 0 radical (unpaired) electrons. The Labute approximate surface area is 146 Å². The summed E-state index contributed by atoms with van der Waals surface area (Å²) in [6.07, 6.45) is -4.90. The molecule has 2 aromatic rings. The molecule has 0 aliphatic rings. The van der Waals surface area contributed by atoms with Gasteiger partial charge in [-0.3, -0.25) is 0 Å². The van der Waals surface area contributed by atoms with Gasteiger partial charge < -0.3 is 10.5 Å². The Bertz CT molecular complexity index is 820. The topological polar surface area (TPSA) is 52.3 Å². The summed E-state index contributed by atoms with van der Waals surface area (Å²) in [5.74, 6) is -3.16. The summed E-state index contributed by atoms with van der Waals surface area (Å²) < 4.78 is 71.5. The van der Waals surface area contributed by atoms with Gasteiger partial charge >= 0.3 is 12.1 Å². The molecular weight excluding hydrogens is 448 g/mol. The van der Waals surface area contributed by atoms with Crippen molar-refractivity contribution in [3.05, 3.63) is 50.6 Å². The molecule has 0 saturated heterocycles. The number of benzene rings is 2. The van der Waals surface area contributed by atoms with Crippen molar-refractivity contribution in [3.8, 4) is 11.1 Å². The third kappa shape index (κ3) is 3.30. The zero-order valence-corrected chi connectivity index (χ0v) is 14.1. The summed E-state index contributed by atoms with van der Waals surface area (Å²) >= 11 is 1.48. The van der Waals surface area contributed by atoms with E-state index in [1.165, 1.54) is 22.6 Å². The molecule has 128 valence electrons. The number of rotatable bonds is 2. The van der Waals surface area contributed by atoms with E-state index < -0.39 is 46.0 Å². The van der Waals surface area contributed by atoms with Crippen LogP contribution in [0.4, 0.5) is 27.6 Å². The summed E-state index contributed by atoms with van der Waals surface area (Å²) in [5.41, 5.74) is 2.64. The Morgan fingerprint density at radius 3 is 2.33 bits per heavy atom. The van der Waals surface area contributed by atoms with E-state index >= 15 is 0 Å². The first-order chi connectivity index (χ1) is 11.1. The van der Waals surface area contributed by atoms with Gasteiger partial charge in [-0.25, -0.2) is 13.6 Å². The Hall–Kier alpha value is -1.91. The van der Waals surface area contributed by atoms with E-state index in [4.69, 9.17) is 5.73 Å². The summed E-state index contributed by atoms with van der Waals surface area (Å²) in [7, 11) is 0.995. The van der Waals surface area contributed by atoms with Gasteiger partial charge in [-0.15, -0.1) is 0 Å². The third-order valence-corrected chi connectivity index (χ3v) is 4.34. The lowest BCUT2D eigenvalue weighted by atomic mass is 9.95. The van der Waals surface area contributed by atoms with Gasteiger partial charge in [0.05, 0.1) is 23.9 Å². The number of ether oxygens (including phenoxy) is 1. The molecule has 0 amide bonds. The molecule has 0 saturated carbocycles. The summed E-state index contributed by atoms with van der Waals surface area (Å²) in [5, 5.41) is 0. The van der Waals surface area contributed by atoms with Gasteiger partial charge in [0, 0.05) is 20.8 Å². The second-order valence-corrected chi connectivity index (χ2v) is 5.77. The first kappa shape index (κ1) is 18.4. The molecule has 3 nitrogen and oxygen atoms in total. The molecule has 0 bridgehead atoms. The zero-order valence-electron chi connectivity index (χ0n) is 12.0. The van der Waals surface area contributed by atoms with Crippen LogP contribution in [0.3, 0.4) is 0 Å². The minimum atomic E-state index is -4.90. The maximum Gasteiger partial charge on any atom is 0.417 e. The Kier molecular flexibility index (Phi) is 5.02. The van der Waals surface area contributed by atoms with Crippen LogP contribution in [-0.2, 0) is 10.9 Å². The van der Waals surface area contributed by atoms with Gasteiger partial charge in [0.2, 0.25) is 0 Å². The monoisotopic (exact) mass is 457 g/mol. The second kappa shape index (κ2) is 6.54. The summed E-state index contributed by atoms with van der Waals surface area (Å²) in [6.45, 7) is 0. The SMILES string of the molecule is COC(=O)c1cc(C(F)(F)F)c(-c2ccc(F)cc2F)c(I)c1N. The molecule has 0 spiro atoms. The van der Waals surface area contributed by atoms with Crippen LogP contribution >= 0.6 is 22.6 Å². The number of anilines is 1.